The van der Waals surface area contributed by atoms with Gasteiger partial charge in [-0.3, -0.25) is 9.36 Å². The van der Waals surface area contributed by atoms with Crippen molar-refractivity contribution in [2.24, 2.45) is 0 Å². The summed E-state index contributed by atoms with van der Waals surface area (Å²) in [7, 11) is 0. The Bertz CT molecular complexity index is 979. The minimum Gasteiger partial charge on any atom is -0.507 e. The molecule has 26 heavy (non-hydrogen) atoms. The van der Waals surface area contributed by atoms with Gasteiger partial charge in [-0.2, -0.15) is 0 Å². The molecule has 2 heterocycles. The van der Waals surface area contributed by atoms with Crippen LogP contribution in [-0.2, 0) is 4.74 Å². The second-order valence-electron chi connectivity index (χ2n) is 5.60. The fraction of sp³-hybridized carbons (Fsp3) is 0.167. The van der Waals surface area contributed by atoms with E-state index >= 15 is 0 Å². The summed E-state index contributed by atoms with van der Waals surface area (Å²) in [6.45, 7) is 3.25. The number of phenols is 1. The van der Waals surface area contributed by atoms with Crippen LogP contribution in [0.4, 0.5) is 0 Å². The van der Waals surface area contributed by atoms with Gasteiger partial charge in [0.2, 0.25) is 5.78 Å². The number of rotatable bonds is 5. The van der Waals surface area contributed by atoms with Gasteiger partial charge in [0.15, 0.2) is 11.7 Å². The van der Waals surface area contributed by atoms with E-state index in [0.717, 1.165) is 16.5 Å². The minimum atomic E-state index is -0.813. The monoisotopic (exact) mass is 390 g/mol. The SMILES string of the molecule is Cc1cc(C(=O)COC(=O)c2cc(Cl)ccc2O)c(C)n1-c1nccs1. The molecule has 2 aromatic heterocycles. The van der Waals surface area contributed by atoms with Crippen molar-refractivity contribution < 1.29 is 19.4 Å². The number of halogens is 1. The molecule has 1 N–H and O–H groups in total. The van der Waals surface area contributed by atoms with Crippen LogP contribution in [0.2, 0.25) is 5.02 Å². The molecule has 3 rings (SSSR count). The first-order valence-corrected chi connectivity index (χ1v) is 8.92. The van der Waals surface area contributed by atoms with Gasteiger partial charge in [0.1, 0.15) is 11.3 Å². The van der Waals surface area contributed by atoms with Crippen molar-refractivity contribution >= 4 is 34.7 Å². The van der Waals surface area contributed by atoms with E-state index in [0.29, 0.717) is 5.56 Å². The van der Waals surface area contributed by atoms with E-state index in [9.17, 15) is 14.7 Å². The topological polar surface area (TPSA) is 81.4 Å². The molecule has 0 bridgehead atoms. The van der Waals surface area contributed by atoms with Gasteiger partial charge in [0.05, 0.1) is 0 Å². The first-order chi connectivity index (χ1) is 12.4. The Balaban J connectivity index is 1.76. The highest BCUT2D eigenvalue weighted by atomic mass is 35.5. The number of aromatic hydroxyl groups is 1. The molecule has 0 aliphatic carbocycles. The van der Waals surface area contributed by atoms with E-state index < -0.39 is 12.6 Å². The Kier molecular flexibility index (Phi) is 5.11. The summed E-state index contributed by atoms with van der Waals surface area (Å²) in [6, 6.07) is 5.77. The molecular formula is C18H15ClN2O4S. The molecule has 6 nitrogen and oxygen atoms in total. The van der Waals surface area contributed by atoms with Gasteiger partial charge < -0.3 is 9.84 Å². The molecule has 1 aromatic carbocycles. The number of nitrogens with zero attached hydrogens (tertiary/aromatic N) is 2. The maximum Gasteiger partial charge on any atom is 0.342 e. The van der Waals surface area contributed by atoms with Gasteiger partial charge in [-0.15, -0.1) is 11.3 Å². The predicted octanol–water partition coefficient (Wildman–Crippen LogP) is 3.95. The Labute approximate surface area is 158 Å². The normalized spacial score (nSPS) is 10.7. The number of aryl methyl sites for hydroxylation is 1. The van der Waals surface area contributed by atoms with E-state index in [2.05, 4.69) is 4.98 Å². The molecule has 0 saturated heterocycles. The third-order valence-electron chi connectivity index (χ3n) is 3.85. The molecule has 8 heteroatoms. The van der Waals surface area contributed by atoms with Crippen molar-refractivity contribution in [3.63, 3.8) is 0 Å². The van der Waals surface area contributed by atoms with Gasteiger partial charge in [-0.05, 0) is 38.1 Å². The van der Waals surface area contributed by atoms with E-state index in [1.807, 2.05) is 23.8 Å². The van der Waals surface area contributed by atoms with Crippen LogP contribution in [0.5, 0.6) is 5.75 Å². The number of carbonyl (C=O) groups is 2. The van der Waals surface area contributed by atoms with E-state index in [1.165, 1.54) is 29.5 Å². The summed E-state index contributed by atoms with van der Waals surface area (Å²) >= 11 is 7.28. The zero-order chi connectivity index (χ0) is 18.8. The van der Waals surface area contributed by atoms with Crippen LogP contribution in [0.15, 0.2) is 35.8 Å². The molecular weight excluding hydrogens is 376 g/mol. The molecule has 0 atom stereocenters. The third-order valence-corrected chi connectivity index (χ3v) is 4.85. The fourth-order valence-corrected chi connectivity index (χ4v) is 3.55. The number of Topliss-reactive ketones (excluding diaryl/α,β-unsaturated/α-hetero) is 1. The van der Waals surface area contributed by atoms with Gasteiger partial charge in [0.25, 0.3) is 0 Å². The smallest absolute Gasteiger partial charge is 0.342 e. The quantitative estimate of drug-likeness (QED) is 0.527. The highest BCUT2D eigenvalue weighted by Gasteiger charge is 2.20. The summed E-state index contributed by atoms with van der Waals surface area (Å²) in [5.41, 5.74) is 1.96. The summed E-state index contributed by atoms with van der Waals surface area (Å²) in [6.07, 6.45) is 1.69. The van der Waals surface area contributed by atoms with Gasteiger partial charge in [-0.1, -0.05) is 11.6 Å². The zero-order valence-corrected chi connectivity index (χ0v) is 15.6. The molecule has 0 amide bonds. The molecule has 0 aliphatic rings. The largest absolute Gasteiger partial charge is 0.507 e. The Morgan fingerprint density at radius 3 is 2.73 bits per heavy atom. The van der Waals surface area contributed by atoms with Crippen molar-refractivity contribution in [1.29, 1.82) is 0 Å². The predicted molar refractivity (Wildman–Crippen MR) is 98.6 cm³/mol. The number of ether oxygens (including phenoxy) is 1. The molecule has 0 aliphatic heterocycles. The van der Waals surface area contributed by atoms with Crippen molar-refractivity contribution in [2.75, 3.05) is 6.61 Å². The summed E-state index contributed by atoms with van der Waals surface area (Å²) < 4.78 is 6.92. The second kappa shape index (κ2) is 7.31. The average Bonchev–Trinajstić information content (AvgIpc) is 3.22. The van der Waals surface area contributed by atoms with Crippen molar-refractivity contribution in [3.05, 3.63) is 63.4 Å². The van der Waals surface area contributed by atoms with Crippen LogP contribution < -0.4 is 0 Å². The lowest BCUT2D eigenvalue weighted by Gasteiger charge is -2.07. The summed E-state index contributed by atoms with van der Waals surface area (Å²) in [5.74, 6) is -1.41. The number of esters is 1. The van der Waals surface area contributed by atoms with Crippen molar-refractivity contribution in [3.8, 4) is 10.9 Å². The Morgan fingerprint density at radius 2 is 2.04 bits per heavy atom. The van der Waals surface area contributed by atoms with Crippen molar-refractivity contribution in [2.45, 2.75) is 13.8 Å². The van der Waals surface area contributed by atoms with Crippen LogP contribution in [-0.4, -0.2) is 33.0 Å². The van der Waals surface area contributed by atoms with Crippen LogP contribution in [0, 0.1) is 13.8 Å². The number of ketones is 1. The highest BCUT2D eigenvalue weighted by Crippen LogP contribution is 2.24. The molecule has 0 radical (unpaired) electrons. The second-order valence-corrected chi connectivity index (χ2v) is 6.91. The van der Waals surface area contributed by atoms with Crippen LogP contribution in [0.3, 0.4) is 0 Å². The Morgan fingerprint density at radius 1 is 1.27 bits per heavy atom. The molecule has 0 saturated carbocycles. The molecule has 3 aromatic rings. The van der Waals surface area contributed by atoms with Crippen LogP contribution in [0.1, 0.15) is 32.1 Å². The fourth-order valence-electron chi connectivity index (χ4n) is 2.62. The number of benzene rings is 1. The highest BCUT2D eigenvalue weighted by molar-refractivity contribution is 7.12. The van der Waals surface area contributed by atoms with Crippen LogP contribution >= 0.6 is 22.9 Å². The van der Waals surface area contributed by atoms with Gasteiger partial charge in [0, 0.05) is 33.6 Å². The number of phenolic OH excluding ortho intramolecular Hbond substituents is 1. The standard InChI is InChI=1S/C18H15ClN2O4S/c1-10-7-13(11(2)21(10)18-20-5-6-26-18)16(23)9-25-17(24)14-8-12(19)3-4-15(14)22/h3-8,22H,9H2,1-2H3. The zero-order valence-electron chi connectivity index (χ0n) is 14.0. The van der Waals surface area contributed by atoms with Crippen LogP contribution in [0.25, 0.3) is 5.13 Å². The molecule has 134 valence electrons. The first-order valence-electron chi connectivity index (χ1n) is 7.66. The van der Waals surface area contributed by atoms with Gasteiger partial charge in [-0.25, -0.2) is 9.78 Å². The number of hydrogen-bond donors (Lipinski definition) is 1. The van der Waals surface area contributed by atoms with E-state index in [1.54, 1.807) is 12.3 Å². The third kappa shape index (κ3) is 3.49. The molecule has 0 fully saturated rings. The number of hydrogen-bond acceptors (Lipinski definition) is 6. The van der Waals surface area contributed by atoms with E-state index in [-0.39, 0.29) is 22.1 Å². The van der Waals surface area contributed by atoms with Crippen molar-refractivity contribution in [1.82, 2.24) is 9.55 Å². The molecule has 0 spiro atoms. The minimum absolute atomic E-state index is 0.0847. The lowest BCUT2D eigenvalue weighted by atomic mass is 10.1. The Hall–Kier alpha value is -2.64. The number of carbonyl (C=O) groups excluding carboxylic acids is 2. The van der Waals surface area contributed by atoms with E-state index in [4.69, 9.17) is 16.3 Å². The lowest BCUT2D eigenvalue weighted by molar-refractivity contribution is 0.0471. The number of aromatic nitrogens is 2. The summed E-state index contributed by atoms with van der Waals surface area (Å²) in [4.78, 5) is 28.8. The number of thiazole rings is 1. The van der Waals surface area contributed by atoms with Gasteiger partial charge >= 0.3 is 5.97 Å². The summed E-state index contributed by atoms with van der Waals surface area (Å²) in [5, 5.41) is 12.6. The maximum absolute atomic E-state index is 12.5. The lowest BCUT2D eigenvalue weighted by Crippen LogP contribution is -2.15. The molecule has 0 unspecified atom stereocenters. The maximum atomic E-state index is 12.5. The first kappa shape index (κ1) is 18.2. The average molecular weight is 391 g/mol.